The second kappa shape index (κ2) is 9.62. The number of benzene rings is 2. The Hall–Kier alpha value is -2.62. The van der Waals surface area contributed by atoms with Gasteiger partial charge in [-0.15, -0.1) is 0 Å². The van der Waals surface area contributed by atoms with Crippen LogP contribution in [0.5, 0.6) is 0 Å². The Morgan fingerprint density at radius 1 is 0.800 bits per heavy atom. The van der Waals surface area contributed by atoms with Crippen LogP contribution >= 0.6 is 0 Å². The molecule has 0 saturated heterocycles. The molecule has 0 bridgehead atoms. The smallest absolute Gasteiger partial charge is 0.338 e. The SMILES string of the molecule is CCC(CCC(C)OC(=O)c1ccccc1)OC(=O)c1ccccc1. The molecule has 0 aromatic heterocycles. The maximum Gasteiger partial charge on any atom is 0.338 e. The maximum atomic E-state index is 12.1. The van der Waals surface area contributed by atoms with Gasteiger partial charge in [-0.05, 0) is 50.5 Å². The van der Waals surface area contributed by atoms with E-state index in [-0.39, 0.29) is 24.1 Å². The fourth-order valence-electron chi connectivity index (χ4n) is 2.44. The standard InChI is InChI=1S/C21H24O4/c1-3-19(25-21(23)18-12-8-5-9-13-18)15-14-16(2)24-20(22)17-10-6-4-7-11-17/h4-13,16,19H,3,14-15H2,1-2H3. The van der Waals surface area contributed by atoms with Crippen molar-refractivity contribution in [3.63, 3.8) is 0 Å². The summed E-state index contributed by atoms with van der Waals surface area (Å²) in [7, 11) is 0. The van der Waals surface area contributed by atoms with Crippen molar-refractivity contribution in [2.45, 2.75) is 45.3 Å². The molecule has 4 heteroatoms. The minimum absolute atomic E-state index is 0.189. The van der Waals surface area contributed by atoms with Gasteiger partial charge in [-0.2, -0.15) is 0 Å². The van der Waals surface area contributed by atoms with Crippen molar-refractivity contribution in [3.05, 3.63) is 71.8 Å². The minimum atomic E-state index is -0.331. The molecule has 0 amide bonds. The summed E-state index contributed by atoms with van der Waals surface area (Å²) in [5.74, 6) is -0.649. The minimum Gasteiger partial charge on any atom is -0.459 e. The summed E-state index contributed by atoms with van der Waals surface area (Å²) in [6.07, 6.45) is 1.58. The van der Waals surface area contributed by atoms with Gasteiger partial charge in [-0.3, -0.25) is 0 Å². The van der Waals surface area contributed by atoms with Gasteiger partial charge in [-0.25, -0.2) is 9.59 Å². The zero-order valence-electron chi connectivity index (χ0n) is 14.7. The van der Waals surface area contributed by atoms with E-state index >= 15 is 0 Å². The summed E-state index contributed by atoms with van der Waals surface area (Å²) < 4.78 is 11.0. The Balaban J connectivity index is 1.79. The molecule has 132 valence electrons. The zero-order chi connectivity index (χ0) is 18.1. The van der Waals surface area contributed by atoms with Gasteiger partial charge in [0.15, 0.2) is 0 Å². The van der Waals surface area contributed by atoms with Gasteiger partial charge in [0.25, 0.3) is 0 Å². The molecule has 2 atom stereocenters. The van der Waals surface area contributed by atoms with Gasteiger partial charge in [-0.1, -0.05) is 43.3 Å². The Labute approximate surface area is 148 Å². The van der Waals surface area contributed by atoms with E-state index in [2.05, 4.69) is 0 Å². The molecule has 0 saturated carbocycles. The van der Waals surface area contributed by atoms with Crippen LogP contribution in [0.4, 0.5) is 0 Å². The highest BCUT2D eigenvalue weighted by Gasteiger charge is 2.17. The average Bonchev–Trinajstić information content (AvgIpc) is 2.66. The van der Waals surface area contributed by atoms with Gasteiger partial charge in [0, 0.05) is 0 Å². The molecule has 2 rings (SSSR count). The molecule has 2 aromatic rings. The van der Waals surface area contributed by atoms with Crippen molar-refractivity contribution in [2.75, 3.05) is 0 Å². The van der Waals surface area contributed by atoms with E-state index in [0.29, 0.717) is 24.0 Å². The van der Waals surface area contributed by atoms with E-state index in [4.69, 9.17) is 9.47 Å². The maximum absolute atomic E-state index is 12.1. The molecular formula is C21H24O4. The number of rotatable bonds is 8. The fourth-order valence-corrected chi connectivity index (χ4v) is 2.44. The number of hydrogen-bond donors (Lipinski definition) is 0. The molecule has 25 heavy (non-hydrogen) atoms. The topological polar surface area (TPSA) is 52.6 Å². The van der Waals surface area contributed by atoms with E-state index in [9.17, 15) is 9.59 Å². The Morgan fingerprint density at radius 3 is 1.76 bits per heavy atom. The average molecular weight is 340 g/mol. The van der Waals surface area contributed by atoms with Crippen molar-refractivity contribution in [3.8, 4) is 0 Å². The predicted octanol–water partition coefficient (Wildman–Crippen LogP) is 4.65. The first-order valence-corrected chi connectivity index (χ1v) is 8.62. The van der Waals surface area contributed by atoms with Crippen molar-refractivity contribution < 1.29 is 19.1 Å². The molecule has 0 aliphatic heterocycles. The summed E-state index contributed by atoms with van der Waals surface area (Å²) in [6.45, 7) is 3.83. The second-order valence-corrected chi connectivity index (χ2v) is 5.96. The van der Waals surface area contributed by atoms with Crippen molar-refractivity contribution in [1.29, 1.82) is 0 Å². The van der Waals surface area contributed by atoms with E-state index in [1.165, 1.54) is 0 Å². The van der Waals surface area contributed by atoms with E-state index in [1.54, 1.807) is 36.4 Å². The third-order valence-electron chi connectivity index (χ3n) is 3.95. The van der Waals surface area contributed by atoms with E-state index < -0.39 is 0 Å². The van der Waals surface area contributed by atoms with E-state index in [1.807, 2.05) is 38.1 Å². The fraction of sp³-hybridized carbons (Fsp3) is 0.333. The number of carbonyl (C=O) groups is 2. The number of carbonyl (C=O) groups excluding carboxylic acids is 2. The zero-order valence-corrected chi connectivity index (χ0v) is 14.7. The largest absolute Gasteiger partial charge is 0.459 e. The summed E-state index contributed by atoms with van der Waals surface area (Å²) >= 11 is 0. The molecule has 0 radical (unpaired) electrons. The molecule has 0 N–H and O–H groups in total. The monoisotopic (exact) mass is 340 g/mol. The van der Waals surface area contributed by atoms with Crippen LogP contribution in [0.1, 0.15) is 53.8 Å². The van der Waals surface area contributed by atoms with Crippen LogP contribution < -0.4 is 0 Å². The van der Waals surface area contributed by atoms with Crippen LogP contribution in [0.25, 0.3) is 0 Å². The molecule has 0 spiro atoms. The van der Waals surface area contributed by atoms with Gasteiger partial charge >= 0.3 is 11.9 Å². The quantitative estimate of drug-likeness (QED) is 0.657. The summed E-state index contributed by atoms with van der Waals surface area (Å²) in [4.78, 5) is 24.1. The van der Waals surface area contributed by atoms with Crippen molar-refractivity contribution >= 4 is 11.9 Å². The van der Waals surface area contributed by atoms with Crippen LogP contribution in [0.2, 0.25) is 0 Å². The summed E-state index contributed by atoms with van der Waals surface area (Å²) in [5.41, 5.74) is 1.08. The first kappa shape index (κ1) is 18.7. The number of ether oxygens (including phenoxy) is 2. The molecule has 2 unspecified atom stereocenters. The molecule has 0 fully saturated rings. The molecule has 4 nitrogen and oxygen atoms in total. The molecule has 0 heterocycles. The lowest BCUT2D eigenvalue weighted by molar-refractivity contribution is 0.0150. The Morgan fingerprint density at radius 2 is 1.28 bits per heavy atom. The van der Waals surface area contributed by atoms with Gasteiger partial charge in [0.1, 0.15) is 6.10 Å². The highest BCUT2D eigenvalue weighted by atomic mass is 16.5. The Bertz CT molecular complexity index is 667. The highest BCUT2D eigenvalue weighted by molar-refractivity contribution is 5.89. The molecule has 0 aliphatic carbocycles. The van der Waals surface area contributed by atoms with Crippen LogP contribution in [0.15, 0.2) is 60.7 Å². The first-order valence-electron chi connectivity index (χ1n) is 8.62. The first-order chi connectivity index (χ1) is 12.1. The lowest BCUT2D eigenvalue weighted by atomic mass is 10.1. The number of esters is 2. The lowest BCUT2D eigenvalue weighted by Gasteiger charge is -2.19. The van der Waals surface area contributed by atoms with Crippen LogP contribution in [0.3, 0.4) is 0 Å². The third-order valence-corrected chi connectivity index (χ3v) is 3.95. The summed E-state index contributed by atoms with van der Waals surface area (Å²) in [5, 5.41) is 0. The van der Waals surface area contributed by atoms with E-state index in [0.717, 1.165) is 6.42 Å². The molecular weight excluding hydrogens is 316 g/mol. The second-order valence-electron chi connectivity index (χ2n) is 5.96. The highest BCUT2D eigenvalue weighted by Crippen LogP contribution is 2.15. The van der Waals surface area contributed by atoms with Crippen molar-refractivity contribution in [2.24, 2.45) is 0 Å². The van der Waals surface area contributed by atoms with Crippen LogP contribution in [0, 0.1) is 0 Å². The van der Waals surface area contributed by atoms with Gasteiger partial charge < -0.3 is 9.47 Å². The number of hydrogen-bond acceptors (Lipinski definition) is 4. The third kappa shape index (κ3) is 6.07. The predicted molar refractivity (Wildman–Crippen MR) is 96.5 cm³/mol. The lowest BCUT2D eigenvalue weighted by Crippen LogP contribution is -2.21. The van der Waals surface area contributed by atoms with Crippen molar-refractivity contribution in [1.82, 2.24) is 0 Å². The normalized spacial score (nSPS) is 12.9. The van der Waals surface area contributed by atoms with Crippen LogP contribution in [-0.2, 0) is 9.47 Å². The molecule has 2 aromatic carbocycles. The van der Waals surface area contributed by atoms with Gasteiger partial charge in [0.05, 0.1) is 17.2 Å². The summed E-state index contributed by atoms with van der Waals surface area (Å²) in [6, 6.07) is 17.9. The Kier molecular flexibility index (Phi) is 7.20. The van der Waals surface area contributed by atoms with Crippen LogP contribution in [-0.4, -0.2) is 24.1 Å². The molecule has 0 aliphatic rings. The van der Waals surface area contributed by atoms with Gasteiger partial charge in [0.2, 0.25) is 0 Å².